The van der Waals surface area contributed by atoms with Crippen LogP contribution in [0.4, 0.5) is 5.82 Å². The molecule has 0 amide bonds. The summed E-state index contributed by atoms with van der Waals surface area (Å²) in [5, 5.41) is 0. The van der Waals surface area contributed by atoms with Crippen LogP contribution in [0.2, 0.25) is 0 Å². The summed E-state index contributed by atoms with van der Waals surface area (Å²) in [6.07, 6.45) is 1.71. The second-order valence-corrected chi connectivity index (χ2v) is 2.83. The van der Waals surface area contributed by atoms with Crippen LogP contribution in [0.1, 0.15) is 17.2 Å². The Morgan fingerprint density at radius 1 is 1.58 bits per heavy atom. The Balaban J connectivity index is 3.04. The maximum absolute atomic E-state index is 5.72. The number of nitrogens with zero attached hydrogens (tertiary/aromatic N) is 1. The molecule has 12 heavy (non-hydrogen) atoms. The van der Waals surface area contributed by atoms with E-state index >= 15 is 0 Å². The van der Waals surface area contributed by atoms with Gasteiger partial charge in [0.15, 0.2) is 0 Å². The third-order valence-electron chi connectivity index (χ3n) is 1.74. The number of aromatic nitrogens is 1. The highest BCUT2D eigenvalue weighted by atomic mass is 14.8. The topological polar surface area (TPSA) is 90.9 Å². The molecule has 4 nitrogen and oxygen atoms in total. The molecule has 66 valence electrons. The lowest BCUT2D eigenvalue weighted by atomic mass is 10.1. The van der Waals surface area contributed by atoms with Gasteiger partial charge in [0.1, 0.15) is 5.82 Å². The van der Waals surface area contributed by atoms with Gasteiger partial charge in [-0.3, -0.25) is 0 Å². The van der Waals surface area contributed by atoms with E-state index in [9.17, 15) is 0 Å². The summed E-state index contributed by atoms with van der Waals surface area (Å²) in [7, 11) is 0. The molecular weight excluding hydrogens is 152 g/mol. The monoisotopic (exact) mass is 166 g/mol. The number of hydrogen-bond acceptors (Lipinski definition) is 4. The van der Waals surface area contributed by atoms with Crippen LogP contribution in [-0.2, 0) is 0 Å². The maximum atomic E-state index is 5.72. The molecule has 0 radical (unpaired) electrons. The molecule has 4 heteroatoms. The van der Waals surface area contributed by atoms with Crippen LogP contribution >= 0.6 is 0 Å². The lowest BCUT2D eigenvalue weighted by Gasteiger charge is -2.11. The van der Waals surface area contributed by atoms with Gasteiger partial charge in [0.05, 0.1) is 0 Å². The van der Waals surface area contributed by atoms with Crippen LogP contribution in [0.25, 0.3) is 0 Å². The third-order valence-corrected chi connectivity index (χ3v) is 1.74. The van der Waals surface area contributed by atoms with Crippen molar-refractivity contribution in [3.05, 3.63) is 23.4 Å². The molecule has 0 aliphatic carbocycles. The lowest BCUT2D eigenvalue weighted by molar-refractivity contribution is 0.735. The molecule has 1 aromatic rings. The van der Waals surface area contributed by atoms with Crippen LogP contribution < -0.4 is 17.2 Å². The molecule has 0 aliphatic rings. The van der Waals surface area contributed by atoms with E-state index in [1.807, 2.05) is 13.0 Å². The minimum Gasteiger partial charge on any atom is -0.383 e. The summed E-state index contributed by atoms with van der Waals surface area (Å²) in [4.78, 5) is 3.99. The summed E-state index contributed by atoms with van der Waals surface area (Å²) in [5.74, 6) is 0.471. The largest absolute Gasteiger partial charge is 0.383 e. The van der Waals surface area contributed by atoms with Gasteiger partial charge in [-0.25, -0.2) is 4.98 Å². The normalized spacial score (nSPS) is 12.9. The van der Waals surface area contributed by atoms with Crippen molar-refractivity contribution < 1.29 is 0 Å². The Morgan fingerprint density at radius 3 is 2.83 bits per heavy atom. The Morgan fingerprint density at radius 2 is 2.25 bits per heavy atom. The van der Waals surface area contributed by atoms with Gasteiger partial charge in [-0.2, -0.15) is 0 Å². The van der Waals surface area contributed by atoms with Gasteiger partial charge in [0.2, 0.25) is 0 Å². The van der Waals surface area contributed by atoms with E-state index in [1.165, 1.54) is 0 Å². The van der Waals surface area contributed by atoms with Gasteiger partial charge in [-0.05, 0) is 18.6 Å². The predicted molar refractivity (Wildman–Crippen MR) is 49.4 cm³/mol. The minimum absolute atomic E-state index is 0.211. The molecule has 0 bridgehead atoms. The minimum atomic E-state index is -0.211. The highest BCUT2D eigenvalue weighted by Crippen LogP contribution is 2.16. The van der Waals surface area contributed by atoms with Gasteiger partial charge in [-0.15, -0.1) is 0 Å². The summed E-state index contributed by atoms with van der Waals surface area (Å²) in [6.45, 7) is 2.33. The van der Waals surface area contributed by atoms with Crippen LogP contribution in [0.5, 0.6) is 0 Å². The van der Waals surface area contributed by atoms with Crippen molar-refractivity contribution in [3.63, 3.8) is 0 Å². The van der Waals surface area contributed by atoms with Crippen molar-refractivity contribution in [1.82, 2.24) is 4.98 Å². The summed E-state index contributed by atoms with van der Waals surface area (Å²) < 4.78 is 0. The number of hydrogen-bond donors (Lipinski definition) is 3. The molecule has 1 rings (SSSR count). The Bertz CT molecular complexity index is 272. The molecule has 0 saturated heterocycles. The first-order valence-corrected chi connectivity index (χ1v) is 3.83. The molecule has 0 spiro atoms. The molecule has 6 N–H and O–H groups in total. The molecule has 1 heterocycles. The van der Waals surface area contributed by atoms with E-state index in [-0.39, 0.29) is 6.04 Å². The fourth-order valence-corrected chi connectivity index (χ4v) is 1.03. The first-order chi connectivity index (χ1) is 5.65. The smallest absolute Gasteiger partial charge is 0.128 e. The second kappa shape index (κ2) is 3.51. The van der Waals surface area contributed by atoms with Crippen molar-refractivity contribution in [2.75, 3.05) is 12.3 Å². The van der Waals surface area contributed by atoms with Crippen molar-refractivity contribution in [2.45, 2.75) is 13.0 Å². The molecule has 0 aliphatic heterocycles. The van der Waals surface area contributed by atoms with Crippen molar-refractivity contribution >= 4 is 5.82 Å². The zero-order chi connectivity index (χ0) is 9.14. The standard InChI is InChI=1S/C8H14N4/c1-5-2-6(7(10)3-9)8(11)12-4-5/h2,4,7H,3,9-10H2,1H3,(H2,11,12)/t7-/m1/s1. The molecule has 1 aromatic heterocycles. The average Bonchev–Trinajstić information content (AvgIpc) is 2.08. The molecule has 1 atom stereocenters. The fourth-order valence-electron chi connectivity index (χ4n) is 1.03. The molecule has 0 saturated carbocycles. The zero-order valence-electron chi connectivity index (χ0n) is 7.12. The number of nitrogen functional groups attached to an aromatic ring is 1. The van der Waals surface area contributed by atoms with Crippen LogP contribution in [-0.4, -0.2) is 11.5 Å². The number of pyridine rings is 1. The highest BCUT2D eigenvalue weighted by molar-refractivity contribution is 5.42. The Labute approximate surface area is 71.8 Å². The summed E-state index contributed by atoms with van der Waals surface area (Å²) >= 11 is 0. The van der Waals surface area contributed by atoms with Gasteiger partial charge in [-0.1, -0.05) is 0 Å². The SMILES string of the molecule is Cc1cnc(N)c([C@H](N)CN)c1. The maximum Gasteiger partial charge on any atom is 0.128 e. The van der Waals surface area contributed by atoms with Gasteiger partial charge < -0.3 is 17.2 Å². The zero-order valence-corrected chi connectivity index (χ0v) is 7.12. The average molecular weight is 166 g/mol. The van der Waals surface area contributed by atoms with E-state index in [1.54, 1.807) is 6.20 Å². The van der Waals surface area contributed by atoms with Gasteiger partial charge in [0, 0.05) is 24.3 Å². The number of rotatable bonds is 2. The quantitative estimate of drug-likeness (QED) is 0.573. The van der Waals surface area contributed by atoms with Crippen LogP contribution in [0.15, 0.2) is 12.3 Å². The predicted octanol–water partition coefficient (Wildman–Crippen LogP) is -0.0693. The van der Waals surface area contributed by atoms with E-state index in [4.69, 9.17) is 17.2 Å². The van der Waals surface area contributed by atoms with Crippen LogP contribution in [0.3, 0.4) is 0 Å². The van der Waals surface area contributed by atoms with Crippen LogP contribution in [0, 0.1) is 6.92 Å². The van der Waals surface area contributed by atoms with E-state index < -0.39 is 0 Å². The Kier molecular flexibility index (Phi) is 2.62. The summed E-state index contributed by atoms with van der Waals surface area (Å²) in [5.41, 5.74) is 18.6. The number of nitrogens with two attached hydrogens (primary N) is 3. The van der Waals surface area contributed by atoms with Crippen molar-refractivity contribution in [2.24, 2.45) is 11.5 Å². The van der Waals surface area contributed by atoms with E-state index in [0.29, 0.717) is 12.4 Å². The number of anilines is 1. The summed E-state index contributed by atoms with van der Waals surface area (Å²) in [6, 6.07) is 1.71. The first kappa shape index (κ1) is 8.96. The third kappa shape index (κ3) is 1.72. The Hall–Kier alpha value is -1.13. The molecular formula is C8H14N4. The molecule has 0 fully saturated rings. The highest BCUT2D eigenvalue weighted by Gasteiger charge is 2.08. The van der Waals surface area contributed by atoms with Crippen molar-refractivity contribution in [3.8, 4) is 0 Å². The van der Waals surface area contributed by atoms with E-state index in [0.717, 1.165) is 11.1 Å². The lowest BCUT2D eigenvalue weighted by Crippen LogP contribution is -2.22. The molecule has 0 aromatic carbocycles. The second-order valence-electron chi connectivity index (χ2n) is 2.83. The number of aryl methyl sites for hydroxylation is 1. The first-order valence-electron chi connectivity index (χ1n) is 3.83. The van der Waals surface area contributed by atoms with Gasteiger partial charge >= 0.3 is 0 Å². The fraction of sp³-hybridized carbons (Fsp3) is 0.375. The molecule has 0 unspecified atom stereocenters. The van der Waals surface area contributed by atoms with E-state index in [2.05, 4.69) is 4.98 Å². The van der Waals surface area contributed by atoms with Gasteiger partial charge in [0.25, 0.3) is 0 Å². The van der Waals surface area contributed by atoms with Crippen molar-refractivity contribution in [1.29, 1.82) is 0 Å².